The van der Waals surface area contributed by atoms with Gasteiger partial charge >= 0.3 is 0 Å². The van der Waals surface area contributed by atoms with Crippen molar-refractivity contribution in [1.29, 1.82) is 0 Å². The van der Waals surface area contributed by atoms with Gasteiger partial charge in [-0.25, -0.2) is 4.98 Å². The molecule has 0 aliphatic heterocycles. The maximum Gasteiger partial charge on any atom is 0.256 e. The number of hydrogen-bond acceptors (Lipinski definition) is 6. The molecule has 2 heterocycles. The summed E-state index contributed by atoms with van der Waals surface area (Å²) in [5.74, 6) is 0.965. The van der Waals surface area contributed by atoms with Crippen LogP contribution in [0, 0.1) is 13.8 Å². The highest BCUT2D eigenvalue weighted by Gasteiger charge is 2.19. The maximum atomic E-state index is 12.6. The number of carbonyl (C=O) groups excluding carboxylic acids is 2. The van der Waals surface area contributed by atoms with Gasteiger partial charge in [-0.05, 0) is 26.0 Å². The molecule has 0 atom stereocenters. The first-order valence-electron chi connectivity index (χ1n) is 8.34. The van der Waals surface area contributed by atoms with E-state index in [0.717, 1.165) is 5.56 Å². The van der Waals surface area contributed by atoms with Gasteiger partial charge in [0.2, 0.25) is 11.6 Å². The number of amides is 2. The van der Waals surface area contributed by atoms with Crippen LogP contribution in [0.2, 0.25) is 0 Å². The summed E-state index contributed by atoms with van der Waals surface area (Å²) in [6, 6.07) is 8.90. The number of nitrogens with zero attached hydrogens (tertiary/aromatic N) is 3. The Morgan fingerprint density at radius 1 is 1.15 bits per heavy atom. The highest BCUT2D eigenvalue weighted by Crippen LogP contribution is 2.31. The van der Waals surface area contributed by atoms with Crippen molar-refractivity contribution in [3.05, 3.63) is 47.2 Å². The Morgan fingerprint density at radius 3 is 2.52 bits per heavy atom. The van der Waals surface area contributed by atoms with Gasteiger partial charge in [0.1, 0.15) is 11.6 Å². The summed E-state index contributed by atoms with van der Waals surface area (Å²) in [6.45, 7) is 3.73. The molecule has 0 fully saturated rings. The minimum Gasteiger partial charge on any atom is -0.443 e. The molecular formula is C19H20N4O3S. The second-order valence-corrected chi connectivity index (χ2v) is 7.16. The largest absolute Gasteiger partial charge is 0.443 e. The summed E-state index contributed by atoms with van der Waals surface area (Å²) < 4.78 is 5.71. The lowest BCUT2D eigenvalue weighted by Crippen LogP contribution is -2.23. The predicted molar refractivity (Wildman–Crippen MR) is 105 cm³/mol. The molecule has 0 saturated heterocycles. The zero-order valence-electron chi connectivity index (χ0n) is 15.6. The number of anilines is 1. The van der Waals surface area contributed by atoms with Crippen LogP contribution in [0.3, 0.4) is 0 Å². The van der Waals surface area contributed by atoms with E-state index in [9.17, 15) is 9.59 Å². The number of benzene rings is 1. The van der Waals surface area contributed by atoms with Crippen molar-refractivity contribution in [1.82, 2.24) is 14.9 Å². The van der Waals surface area contributed by atoms with E-state index in [1.54, 1.807) is 38.4 Å². The van der Waals surface area contributed by atoms with Crippen LogP contribution >= 0.6 is 11.8 Å². The Kier molecular flexibility index (Phi) is 5.46. The number of aromatic nitrogens is 2. The SMILES string of the molecule is Cc1oc2nc(SCC(=O)N(C)C)nc(NC(=O)c3ccccc3)c2c1C. The van der Waals surface area contributed by atoms with Gasteiger partial charge < -0.3 is 14.6 Å². The van der Waals surface area contributed by atoms with Gasteiger partial charge in [0.25, 0.3) is 5.91 Å². The van der Waals surface area contributed by atoms with Crippen molar-refractivity contribution in [3.63, 3.8) is 0 Å². The second-order valence-electron chi connectivity index (χ2n) is 6.22. The van der Waals surface area contributed by atoms with Crippen molar-refractivity contribution in [2.45, 2.75) is 19.0 Å². The Hall–Kier alpha value is -2.87. The van der Waals surface area contributed by atoms with Gasteiger partial charge in [-0.2, -0.15) is 4.98 Å². The van der Waals surface area contributed by atoms with Crippen molar-refractivity contribution in [3.8, 4) is 0 Å². The Labute approximate surface area is 161 Å². The van der Waals surface area contributed by atoms with Crippen LogP contribution in [0.4, 0.5) is 5.82 Å². The van der Waals surface area contributed by atoms with Crippen molar-refractivity contribution < 1.29 is 14.0 Å². The standard InChI is InChI=1S/C19H20N4O3S/c1-11-12(2)26-18-15(11)16(20-17(25)13-8-6-5-7-9-13)21-19(22-18)27-10-14(24)23(3)4/h5-9H,10H2,1-4H3,(H,20,21,22,25). The molecule has 0 aliphatic rings. The monoisotopic (exact) mass is 384 g/mol. The highest BCUT2D eigenvalue weighted by molar-refractivity contribution is 7.99. The van der Waals surface area contributed by atoms with Crippen LogP contribution in [-0.4, -0.2) is 46.5 Å². The lowest BCUT2D eigenvalue weighted by Gasteiger charge is -2.10. The lowest BCUT2D eigenvalue weighted by atomic mass is 10.2. The molecule has 1 aromatic carbocycles. The lowest BCUT2D eigenvalue weighted by molar-refractivity contribution is -0.125. The Bertz CT molecular complexity index is 999. The molecule has 0 saturated carbocycles. The second kappa shape index (κ2) is 7.79. The van der Waals surface area contributed by atoms with E-state index in [2.05, 4.69) is 15.3 Å². The molecule has 2 amide bonds. The third-order valence-corrected chi connectivity index (χ3v) is 4.93. The van der Waals surface area contributed by atoms with E-state index < -0.39 is 0 Å². The molecule has 0 bridgehead atoms. The van der Waals surface area contributed by atoms with E-state index in [1.165, 1.54) is 16.7 Å². The van der Waals surface area contributed by atoms with Gasteiger partial charge in [0.15, 0.2) is 5.16 Å². The average Bonchev–Trinajstić information content (AvgIpc) is 2.94. The zero-order chi connectivity index (χ0) is 19.6. The van der Waals surface area contributed by atoms with Crippen LogP contribution in [0.5, 0.6) is 0 Å². The van der Waals surface area contributed by atoms with Crippen molar-refractivity contribution >= 4 is 40.5 Å². The molecule has 27 heavy (non-hydrogen) atoms. The molecule has 8 heteroatoms. The van der Waals surface area contributed by atoms with Crippen molar-refractivity contribution in [2.24, 2.45) is 0 Å². The fourth-order valence-electron chi connectivity index (χ4n) is 2.41. The molecule has 140 valence electrons. The van der Waals surface area contributed by atoms with Crippen LogP contribution in [-0.2, 0) is 4.79 Å². The first kappa shape index (κ1) is 18.9. The fourth-order valence-corrected chi connectivity index (χ4v) is 3.22. The highest BCUT2D eigenvalue weighted by atomic mass is 32.2. The summed E-state index contributed by atoms with van der Waals surface area (Å²) in [7, 11) is 3.38. The first-order valence-corrected chi connectivity index (χ1v) is 9.32. The van der Waals surface area contributed by atoms with E-state index in [1.807, 2.05) is 19.9 Å². The van der Waals surface area contributed by atoms with Gasteiger partial charge in [-0.15, -0.1) is 0 Å². The molecule has 0 aliphatic carbocycles. The number of fused-ring (bicyclic) bond motifs is 1. The predicted octanol–water partition coefficient (Wildman–Crippen LogP) is 3.27. The molecule has 3 rings (SSSR count). The summed E-state index contributed by atoms with van der Waals surface area (Å²) >= 11 is 1.20. The maximum absolute atomic E-state index is 12.6. The average molecular weight is 384 g/mol. The third-order valence-electron chi connectivity index (χ3n) is 4.10. The van der Waals surface area contributed by atoms with Crippen molar-refractivity contribution in [2.75, 3.05) is 25.2 Å². The van der Waals surface area contributed by atoms with Crippen LogP contribution in [0.1, 0.15) is 21.7 Å². The molecular weight excluding hydrogens is 364 g/mol. The Balaban J connectivity index is 1.96. The third kappa shape index (κ3) is 4.11. The fraction of sp³-hybridized carbons (Fsp3) is 0.263. The molecule has 3 aromatic rings. The summed E-state index contributed by atoms with van der Waals surface area (Å²) in [5, 5.41) is 3.88. The molecule has 0 spiro atoms. The van der Waals surface area contributed by atoms with E-state index >= 15 is 0 Å². The minimum absolute atomic E-state index is 0.0506. The number of nitrogens with one attached hydrogen (secondary N) is 1. The van der Waals surface area contributed by atoms with E-state index in [0.29, 0.717) is 33.4 Å². The van der Waals surface area contributed by atoms with Crippen LogP contribution in [0.15, 0.2) is 39.9 Å². The van der Waals surface area contributed by atoms with Gasteiger partial charge in [0, 0.05) is 25.2 Å². The zero-order valence-corrected chi connectivity index (χ0v) is 16.4. The molecule has 0 radical (unpaired) electrons. The number of aryl methyl sites for hydroxylation is 2. The van der Waals surface area contributed by atoms with Crippen LogP contribution in [0.25, 0.3) is 11.1 Å². The first-order chi connectivity index (χ1) is 12.9. The van der Waals surface area contributed by atoms with Gasteiger partial charge in [0.05, 0.1) is 11.1 Å². The summed E-state index contributed by atoms with van der Waals surface area (Å²) in [4.78, 5) is 34.8. The molecule has 0 unspecified atom stereocenters. The summed E-state index contributed by atoms with van der Waals surface area (Å²) in [5.41, 5.74) is 1.79. The molecule has 7 nitrogen and oxygen atoms in total. The van der Waals surface area contributed by atoms with Gasteiger partial charge in [-0.1, -0.05) is 30.0 Å². The normalized spacial score (nSPS) is 10.8. The Morgan fingerprint density at radius 2 is 1.85 bits per heavy atom. The number of carbonyl (C=O) groups is 2. The molecule has 1 N–H and O–H groups in total. The topological polar surface area (TPSA) is 88.3 Å². The number of furan rings is 1. The van der Waals surface area contributed by atoms with E-state index in [-0.39, 0.29) is 17.6 Å². The molecule has 2 aromatic heterocycles. The minimum atomic E-state index is -0.269. The van der Waals surface area contributed by atoms with Gasteiger partial charge in [-0.3, -0.25) is 9.59 Å². The number of rotatable bonds is 5. The smallest absolute Gasteiger partial charge is 0.256 e. The van der Waals surface area contributed by atoms with Crippen LogP contribution < -0.4 is 5.32 Å². The summed E-state index contributed by atoms with van der Waals surface area (Å²) in [6.07, 6.45) is 0. The quantitative estimate of drug-likeness (QED) is 0.536. The number of thioether (sulfide) groups is 1. The van der Waals surface area contributed by atoms with E-state index in [4.69, 9.17) is 4.42 Å². The number of hydrogen-bond donors (Lipinski definition) is 1.